The normalized spacial score (nSPS) is 19.1. The van der Waals surface area contributed by atoms with E-state index in [-0.39, 0.29) is 31.7 Å². The Morgan fingerprint density at radius 1 is 1.25 bits per heavy atom. The maximum absolute atomic E-state index is 12.5. The van der Waals surface area contributed by atoms with Gasteiger partial charge in [-0.1, -0.05) is 0 Å². The van der Waals surface area contributed by atoms with Gasteiger partial charge in [-0.3, -0.25) is 4.79 Å². The number of rotatable bonds is 3. The van der Waals surface area contributed by atoms with E-state index in [0.717, 1.165) is 10.4 Å². The van der Waals surface area contributed by atoms with Crippen LogP contribution >= 0.6 is 0 Å². The SMILES string of the molecule is O=Cc1ccc(S(=O)(=O)N2CCC(C(F)(F)F)CC2)o1. The van der Waals surface area contributed by atoms with E-state index in [1.165, 1.54) is 6.07 Å². The summed E-state index contributed by atoms with van der Waals surface area (Å²) in [5.74, 6) is -1.62. The van der Waals surface area contributed by atoms with Gasteiger partial charge < -0.3 is 4.42 Å². The summed E-state index contributed by atoms with van der Waals surface area (Å²) in [6.07, 6.45) is -4.49. The Morgan fingerprint density at radius 2 is 1.85 bits per heavy atom. The standard InChI is InChI=1S/C11H12F3NO4S/c12-11(13,14)8-3-5-15(6-4-8)20(17,18)10-2-1-9(7-16)19-10/h1-2,7-8H,3-6H2. The van der Waals surface area contributed by atoms with E-state index in [2.05, 4.69) is 0 Å². The molecule has 20 heavy (non-hydrogen) atoms. The number of carbonyl (C=O) groups is 1. The number of halogens is 3. The molecule has 1 aromatic heterocycles. The first-order valence-corrected chi connectivity index (χ1v) is 7.31. The van der Waals surface area contributed by atoms with Gasteiger partial charge in [-0.25, -0.2) is 8.42 Å². The number of piperidine rings is 1. The van der Waals surface area contributed by atoms with Gasteiger partial charge in [-0.15, -0.1) is 0 Å². The fourth-order valence-electron chi connectivity index (χ4n) is 2.09. The molecule has 9 heteroatoms. The number of furan rings is 1. The Morgan fingerprint density at radius 3 is 2.30 bits per heavy atom. The first kappa shape index (κ1) is 15.0. The lowest BCUT2D eigenvalue weighted by atomic mass is 9.98. The molecule has 1 aliphatic heterocycles. The van der Waals surface area contributed by atoms with Crippen molar-refractivity contribution in [3.8, 4) is 0 Å². The van der Waals surface area contributed by atoms with Crippen molar-refractivity contribution in [3.63, 3.8) is 0 Å². The van der Waals surface area contributed by atoms with Crippen molar-refractivity contribution in [2.24, 2.45) is 5.92 Å². The lowest BCUT2D eigenvalue weighted by Crippen LogP contribution is -2.41. The largest absolute Gasteiger partial charge is 0.440 e. The van der Waals surface area contributed by atoms with Crippen LogP contribution in [0.25, 0.3) is 0 Å². The van der Waals surface area contributed by atoms with Crippen molar-refractivity contribution in [1.29, 1.82) is 0 Å². The molecule has 5 nitrogen and oxygen atoms in total. The van der Waals surface area contributed by atoms with Crippen molar-refractivity contribution in [2.45, 2.75) is 24.1 Å². The van der Waals surface area contributed by atoms with Gasteiger partial charge in [0.05, 0.1) is 5.92 Å². The molecule has 0 spiro atoms. The number of nitrogens with zero attached hydrogens (tertiary/aromatic N) is 1. The van der Waals surface area contributed by atoms with Crippen LogP contribution in [-0.4, -0.2) is 38.3 Å². The fourth-order valence-corrected chi connectivity index (χ4v) is 3.47. The highest BCUT2D eigenvalue weighted by Crippen LogP contribution is 2.35. The van der Waals surface area contributed by atoms with Gasteiger partial charge >= 0.3 is 6.18 Å². The second-order valence-corrected chi connectivity index (χ2v) is 6.36. The molecule has 1 fully saturated rings. The number of hydrogen-bond donors (Lipinski definition) is 0. The molecule has 0 amide bonds. The predicted octanol–water partition coefficient (Wildman–Crippen LogP) is 2.06. The summed E-state index contributed by atoms with van der Waals surface area (Å²) in [6, 6.07) is 2.32. The molecule has 0 saturated carbocycles. The van der Waals surface area contributed by atoms with E-state index in [9.17, 15) is 26.4 Å². The van der Waals surface area contributed by atoms with E-state index in [0.29, 0.717) is 6.29 Å². The fraction of sp³-hybridized carbons (Fsp3) is 0.545. The Bertz CT molecular complexity index is 585. The first-order valence-electron chi connectivity index (χ1n) is 5.87. The smallest absolute Gasteiger partial charge is 0.391 e. The number of alkyl halides is 3. The summed E-state index contributed by atoms with van der Waals surface area (Å²) in [5, 5.41) is -0.426. The zero-order valence-corrected chi connectivity index (χ0v) is 11.1. The van der Waals surface area contributed by atoms with Crippen LogP contribution in [0.3, 0.4) is 0 Å². The monoisotopic (exact) mass is 311 g/mol. The minimum Gasteiger partial charge on any atom is -0.440 e. The van der Waals surface area contributed by atoms with E-state index < -0.39 is 27.2 Å². The average molecular weight is 311 g/mol. The van der Waals surface area contributed by atoms with Crippen molar-refractivity contribution >= 4 is 16.3 Å². The molecule has 2 heterocycles. The zero-order chi connectivity index (χ0) is 15.0. The first-order chi connectivity index (χ1) is 9.25. The van der Waals surface area contributed by atoms with Crippen LogP contribution in [-0.2, 0) is 10.0 Å². The summed E-state index contributed by atoms with van der Waals surface area (Å²) in [7, 11) is -3.98. The maximum atomic E-state index is 12.5. The van der Waals surface area contributed by atoms with Gasteiger partial charge in [0.15, 0.2) is 12.0 Å². The van der Waals surface area contributed by atoms with Crippen LogP contribution in [0.4, 0.5) is 13.2 Å². The Kier molecular flexibility index (Phi) is 3.92. The van der Waals surface area contributed by atoms with E-state index in [4.69, 9.17) is 4.42 Å². The molecule has 1 aromatic rings. The van der Waals surface area contributed by atoms with Gasteiger partial charge in [-0.2, -0.15) is 17.5 Å². The Balaban J connectivity index is 2.11. The second kappa shape index (κ2) is 5.21. The van der Waals surface area contributed by atoms with Crippen molar-refractivity contribution in [1.82, 2.24) is 4.31 Å². The molecule has 0 unspecified atom stereocenters. The third-order valence-electron chi connectivity index (χ3n) is 3.23. The van der Waals surface area contributed by atoms with Crippen molar-refractivity contribution in [3.05, 3.63) is 17.9 Å². The van der Waals surface area contributed by atoms with Gasteiger partial charge in [0.25, 0.3) is 10.0 Å². The molecule has 0 atom stereocenters. The summed E-state index contributed by atoms with van der Waals surface area (Å²) in [5.41, 5.74) is 0. The van der Waals surface area contributed by atoms with Gasteiger partial charge in [0.1, 0.15) is 0 Å². The van der Waals surface area contributed by atoms with E-state index in [1.807, 2.05) is 0 Å². The lowest BCUT2D eigenvalue weighted by molar-refractivity contribution is -0.182. The molecule has 0 radical (unpaired) electrons. The molecule has 112 valence electrons. The molecule has 2 rings (SSSR count). The predicted molar refractivity (Wildman–Crippen MR) is 61.6 cm³/mol. The van der Waals surface area contributed by atoms with E-state index in [1.54, 1.807) is 0 Å². The summed E-state index contributed by atoms with van der Waals surface area (Å²) < 4.78 is 67.5. The Hall–Kier alpha value is -1.35. The van der Waals surface area contributed by atoms with Crippen LogP contribution in [0.5, 0.6) is 0 Å². The van der Waals surface area contributed by atoms with Crippen molar-refractivity contribution in [2.75, 3.05) is 13.1 Å². The molecule has 0 aliphatic carbocycles. The van der Waals surface area contributed by atoms with E-state index >= 15 is 0 Å². The highest BCUT2D eigenvalue weighted by molar-refractivity contribution is 7.89. The topological polar surface area (TPSA) is 67.6 Å². The quantitative estimate of drug-likeness (QED) is 0.801. The van der Waals surface area contributed by atoms with Gasteiger partial charge in [0, 0.05) is 13.1 Å². The van der Waals surface area contributed by atoms with Gasteiger partial charge in [0.2, 0.25) is 5.09 Å². The third kappa shape index (κ3) is 2.88. The highest BCUT2D eigenvalue weighted by atomic mass is 32.2. The highest BCUT2D eigenvalue weighted by Gasteiger charge is 2.43. The molecule has 0 aromatic carbocycles. The van der Waals surface area contributed by atoms with Crippen LogP contribution in [0.15, 0.2) is 21.6 Å². The zero-order valence-electron chi connectivity index (χ0n) is 10.3. The van der Waals surface area contributed by atoms with Gasteiger partial charge in [-0.05, 0) is 25.0 Å². The van der Waals surface area contributed by atoms with Crippen LogP contribution < -0.4 is 0 Å². The number of sulfonamides is 1. The number of carbonyl (C=O) groups excluding carboxylic acids is 1. The minimum absolute atomic E-state index is 0.145. The summed E-state index contributed by atoms with van der Waals surface area (Å²) in [6.45, 7) is -0.437. The minimum atomic E-state index is -4.30. The summed E-state index contributed by atoms with van der Waals surface area (Å²) in [4.78, 5) is 10.4. The molecule has 1 saturated heterocycles. The third-order valence-corrected chi connectivity index (χ3v) is 5.00. The number of hydrogen-bond acceptors (Lipinski definition) is 4. The Labute approximate surface area is 113 Å². The molecule has 0 bridgehead atoms. The van der Waals surface area contributed by atoms with Crippen LogP contribution in [0.2, 0.25) is 0 Å². The molecule has 0 N–H and O–H groups in total. The molecular weight excluding hydrogens is 299 g/mol. The lowest BCUT2D eigenvalue weighted by Gasteiger charge is -2.31. The molecule has 1 aliphatic rings. The average Bonchev–Trinajstić information content (AvgIpc) is 2.87. The van der Waals surface area contributed by atoms with Crippen LogP contribution in [0.1, 0.15) is 23.4 Å². The molecular formula is C11H12F3NO4S. The second-order valence-electron chi connectivity index (χ2n) is 4.49. The summed E-state index contributed by atoms with van der Waals surface area (Å²) >= 11 is 0. The maximum Gasteiger partial charge on any atom is 0.391 e. The van der Waals surface area contributed by atoms with Crippen molar-refractivity contribution < 1.29 is 30.8 Å². The van der Waals surface area contributed by atoms with Crippen LogP contribution in [0, 0.1) is 5.92 Å². The number of aldehydes is 1.